The molecule has 0 unspecified atom stereocenters. The Balaban J connectivity index is 2.11. The van der Waals surface area contributed by atoms with Crippen molar-refractivity contribution < 1.29 is 4.79 Å². The number of hydrogen-bond acceptors (Lipinski definition) is 1. The molecule has 2 heteroatoms. The summed E-state index contributed by atoms with van der Waals surface area (Å²) < 4.78 is 1.08. The van der Waals surface area contributed by atoms with Crippen molar-refractivity contribution in [1.29, 1.82) is 0 Å². The van der Waals surface area contributed by atoms with Crippen LogP contribution in [0.5, 0.6) is 0 Å². The quantitative estimate of drug-likeness (QED) is 0.559. The molecule has 2 aromatic rings. The van der Waals surface area contributed by atoms with Crippen LogP contribution in [0.3, 0.4) is 0 Å². The number of rotatable bonds is 4. The number of carbonyl (C=O) groups is 1. The summed E-state index contributed by atoms with van der Waals surface area (Å²) in [6, 6.07) is 15.8. The molecule has 0 aliphatic rings. The molecule has 1 nitrogen and oxygen atoms in total. The van der Waals surface area contributed by atoms with Crippen LogP contribution < -0.4 is 0 Å². The van der Waals surface area contributed by atoms with Gasteiger partial charge in [0.05, 0.1) is 0 Å². The first kappa shape index (κ1) is 13.8. The summed E-state index contributed by atoms with van der Waals surface area (Å²) in [4.78, 5) is 11.5. The number of ketones is 1. The Morgan fingerprint density at radius 1 is 0.947 bits per heavy atom. The minimum absolute atomic E-state index is 0.184. The van der Waals surface area contributed by atoms with Gasteiger partial charge in [-0.3, -0.25) is 4.79 Å². The molecule has 0 radical (unpaired) electrons. The molecule has 2 rings (SSSR count). The van der Waals surface area contributed by atoms with Crippen molar-refractivity contribution in [2.45, 2.75) is 13.3 Å². The third-order valence-electron chi connectivity index (χ3n) is 2.89. The molecule has 0 saturated heterocycles. The van der Waals surface area contributed by atoms with E-state index in [9.17, 15) is 4.79 Å². The van der Waals surface area contributed by atoms with Crippen molar-refractivity contribution in [3.63, 3.8) is 0 Å². The maximum absolute atomic E-state index is 11.5. The second kappa shape index (κ2) is 6.48. The molecule has 0 bridgehead atoms. The van der Waals surface area contributed by atoms with E-state index in [1.165, 1.54) is 0 Å². The van der Waals surface area contributed by atoms with Gasteiger partial charge in [0.15, 0.2) is 5.78 Å². The zero-order chi connectivity index (χ0) is 13.7. The molecule has 0 amide bonds. The van der Waals surface area contributed by atoms with Crippen LogP contribution in [0.4, 0.5) is 0 Å². The summed E-state index contributed by atoms with van der Waals surface area (Å²) in [6.07, 6.45) is 4.65. The van der Waals surface area contributed by atoms with Crippen molar-refractivity contribution in [3.8, 4) is 0 Å². The highest BCUT2D eigenvalue weighted by atomic mass is 79.9. The van der Waals surface area contributed by atoms with E-state index >= 15 is 0 Å². The zero-order valence-electron chi connectivity index (χ0n) is 10.8. The van der Waals surface area contributed by atoms with Gasteiger partial charge in [-0.15, -0.1) is 0 Å². The van der Waals surface area contributed by atoms with Crippen LogP contribution in [0.1, 0.15) is 34.8 Å². The van der Waals surface area contributed by atoms with Crippen LogP contribution in [-0.4, -0.2) is 5.78 Å². The van der Waals surface area contributed by atoms with Crippen molar-refractivity contribution in [2.75, 3.05) is 0 Å². The Kier molecular flexibility index (Phi) is 4.69. The highest BCUT2D eigenvalue weighted by Crippen LogP contribution is 2.14. The van der Waals surface area contributed by atoms with Crippen molar-refractivity contribution in [1.82, 2.24) is 0 Å². The molecular weight excluding hydrogens is 300 g/mol. The van der Waals surface area contributed by atoms with Crippen LogP contribution in [0, 0.1) is 0 Å². The summed E-state index contributed by atoms with van der Waals surface area (Å²) >= 11 is 3.41. The number of carbonyl (C=O) groups excluding carboxylic acids is 1. The van der Waals surface area contributed by atoms with Crippen LogP contribution >= 0.6 is 15.9 Å². The van der Waals surface area contributed by atoms with Crippen molar-refractivity contribution >= 4 is 33.9 Å². The van der Waals surface area contributed by atoms with Gasteiger partial charge >= 0.3 is 0 Å². The second-order valence-electron chi connectivity index (χ2n) is 4.28. The summed E-state index contributed by atoms with van der Waals surface area (Å²) in [6.45, 7) is 1.88. The van der Waals surface area contributed by atoms with E-state index in [2.05, 4.69) is 34.1 Å². The standard InChI is InChI=1S/C17H15BrO/c1-2-17(19)15-9-5-13(6-10-15)3-4-14-7-11-16(18)12-8-14/h3-12H,2H2,1H3. The number of hydrogen-bond donors (Lipinski definition) is 0. The Bertz CT molecular complexity index is 580. The molecule has 0 saturated carbocycles. The fourth-order valence-electron chi connectivity index (χ4n) is 1.75. The van der Waals surface area contributed by atoms with Gasteiger partial charge in [-0.05, 0) is 23.3 Å². The van der Waals surface area contributed by atoms with E-state index < -0.39 is 0 Å². The Morgan fingerprint density at radius 3 is 1.89 bits per heavy atom. The predicted octanol–water partition coefficient (Wildman–Crippen LogP) is 5.21. The minimum atomic E-state index is 0.184. The first-order valence-corrected chi connectivity index (χ1v) is 7.05. The molecule has 0 spiro atoms. The van der Waals surface area contributed by atoms with E-state index in [0.29, 0.717) is 6.42 Å². The van der Waals surface area contributed by atoms with E-state index in [0.717, 1.165) is 21.2 Å². The van der Waals surface area contributed by atoms with Gasteiger partial charge in [-0.1, -0.05) is 71.4 Å². The lowest BCUT2D eigenvalue weighted by molar-refractivity contribution is 0.0988. The van der Waals surface area contributed by atoms with Gasteiger partial charge in [-0.2, -0.15) is 0 Å². The number of halogens is 1. The average molecular weight is 315 g/mol. The van der Waals surface area contributed by atoms with Crippen LogP contribution in [0.25, 0.3) is 12.2 Å². The maximum atomic E-state index is 11.5. The van der Waals surface area contributed by atoms with Crippen LogP contribution in [0.2, 0.25) is 0 Å². The lowest BCUT2D eigenvalue weighted by atomic mass is 10.1. The normalized spacial score (nSPS) is 10.8. The first-order chi connectivity index (χ1) is 9.19. The van der Waals surface area contributed by atoms with E-state index in [4.69, 9.17) is 0 Å². The van der Waals surface area contributed by atoms with Gasteiger partial charge in [0.1, 0.15) is 0 Å². The SMILES string of the molecule is CCC(=O)c1ccc(C=Cc2ccc(Br)cc2)cc1. The molecule has 0 aliphatic carbocycles. The van der Waals surface area contributed by atoms with Gasteiger partial charge < -0.3 is 0 Å². The van der Waals surface area contributed by atoms with Crippen LogP contribution in [0.15, 0.2) is 53.0 Å². The Hall–Kier alpha value is -1.67. The zero-order valence-corrected chi connectivity index (χ0v) is 12.4. The summed E-state index contributed by atoms with van der Waals surface area (Å²) in [5.74, 6) is 0.184. The predicted molar refractivity (Wildman–Crippen MR) is 84.1 cm³/mol. The van der Waals surface area contributed by atoms with Crippen molar-refractivity contribution in [2.24, 2.45) is 0 Å². The Morgan fingerprint density at radius 2 is 1.42 bits per heavy atom. The average Bonchev–Trinajstić information content (AvgIpc) is 2.46. The van der Waals surface area contributed by atoms with Crippen molar-refractivity contribution in [3.05, 3.63) is 69.7 Å². The third kappa shape index (κ3) is 3.90. The molecule has 0 aliphatic heterocycles. The Labute approximate surface area is 122 Å². The minimum Gasteiger partial charge on any atom is -0.294 e. The smallest absolute Gasteiger partial charge is 0.162 e. The molecule has 2 aromatic carbocycles. The van der Waals surface area contributed by atoms with Gasteiger partial charge in [0.25, 0.3) is 0 Å². The van der Waals surface area contributed by atoms with E-state index in [1.54, 1.807) is 0 Å². The number of Topliss-reactive ketones (excluding diaryl/α,β-unsaturated/α-hetero) is 1. The van der Waals surface area contributed by atoms with Gasteiger partial charge in [0.2, 0.25) is 0 Å². The molecule has 19 heavy (non-hydrogen) atoms. The highest BCUT2D eigenvalue weighted by Gasteiger charge is 2.00. The lowest BCUT2D eigenvalue weighted by Gasteiger charge is -1.99. The maximum Gasteiger partial charge on any atom is 0.162 e. The van der Waals surface area contributed by atoms with E-state index in [-0.39, 0.29) is 5.78 Å². The summed E-state index contributed by atoms with van der Waals surface area (Å²) in [7, 11) is 0. The van der Waals surface area contributed by atoms with Crippen LogP contribution in [-0.2, 0) is 0 Å². The molecule has 0 heterocycles. The third-order valence-corrected chi connectivity index (χ3v) is 3.42. The van der Waals surface area contributed by atoms with Gasteiger partial charge in [0, 0.05) is 16.5 Å². The first-order valence-electron chi connectivity index (χ1n) is 6.26. The highest BCUT2D eigenvalue weighted by molar-refractivity contribution is 9.10. The summed E-state index contributed by atoms with van der Waals surface area (Å²) in [5.41, 5.74) is 3.02. The molecule has 0 aromatic heterocycles. The molecule has 96 valence electrons. The second-order valence-corrected chi connectivity index (χ2v) is 5.20. The molecule has 0 atom stereocenters. The van der Waals surface area contributed by atoms with E-state index in [1.807, 2.05) is 49.4 Å². The topological polar surface area (TPSA) is 17.1 Å². The fourth-order valence-corrected chi connectivity index (χ4v) is 2.01. The van der Waals surface area contributed by atoms with Gasteiger partial charge in [-0.25, -0.2) is 0 Å². The monoisotopic (exact) mass is 314 g/mol. The fraction of sp³-hybridized carbons (Fsp3) is 0.118. The number of benzene rings is 2. The largest absolute Gasteiger partial charge is 0.294 e. The molecule has 0 N–H and O–H groups in total. The molecular formula is C17H15BrO. The summed E-state index contributed by atoms with van der Waals surface area (Å²) in [5, 5.41) is 0. The molecule has 0 fully saturated rings. The lowest BCUT2D eigenvalue weighted by Crippen LogP contribution is -1.95.